The molecule has 0 aliphatic heterocycles. The number of carbonyl (C=O) groups excluding carboxylic acids is 1. The van der Waals surface area contributed by atoms with E-state index in [9.17, 15) is 19.8 Å². The maximum Gasteiger partial charge on any atom is 0.339 e. The Morgan fingerprint density at radius 3 is 2.79 bits per heavy atom. The molecule has 0 aliphatic carbocycles. The Labute approximate surface area is 108 Å². The number of aromatic carboxylic acids is 1. The minimum absolute atomic E-state index is 0.0879. The maximum atomic E-state index is 11.3. The lowest BCUT2D eigenvalue weighted by molar-refractivity contribution is -0.139. The number of ether oxygens (including phenoxy) is 1. The lowest BCUT2D eigenvalue weighted by Crippen LogP contribution is -2.09. The van der Waals surface area contributed by atoms with Crippen molar-refractivity contribution in [2.24, 2.45) is 0 Å². The number of carboxylic acids is 1. The Hall–Kier alpha value is -2.41. The Kier molecular flexibility index (Phi) is 3.48. The maximum absolute atomic E-state index is 11.3. The number of methoxy groups -OCH3 is 1. The van der Waals surface area contributed by atoms with Gasteiger partial charge in [-0.2, -0.15) is 5.10 Å². The lowest BCUT2D eigenvalue weighted by Gasteiger charge is -2.01. The van der Waals surface area contributed by atoms with Crippen molar-refractivity contribution in [3.05, 3.63) is 35.2 Å². The number of fused-ring (bicyclic) bond motifs is 1. The molecule has 0 amide bonds. The SMILES string of the molecule is COC(=O)Cc1nn2cccc(CO)c2c1C(=O)O. The van der Waals surface area contributed by atoms with Crippen LogP contribution in [-0.2, 0) is 22.6 Å². The first-order valence-electron chi connectivity index (χ1n) is 5.48. The first-order chi connectivity index (χ1) is 9.08. The number of pyridine rings is 1. The smallest absolute Gasteiger partial charge is 0.339 e. The van der Waals surface area contributed by atoms with Gasteiger partial charge >= 0.3 is 11.9 Å². The molecule has 2 rings (SSSR count). The fourth-order valence-corrected chi connectivity index (χ4v) is 1.90. The third kappa shape index (κ3) is 2.27. The number of esters is 1. The Balaban J connectivity index is 2.68. The minimum Gasteiger partial charge on any atom is -0.478 e. The molecule has 7 nitrogen and oxygen atoms in total. The van der Waals surface area contributed by atoms with Gasteiger partial charge in [-0.3, -0.25) is 4.79 Å². The normalized spacial score (nSPS) is 10.6. The van der Waals surface area contributed by atoms with E-state index in [0.29, 0.717) is 5.56 Å². The van der Waals surface area contributed by atoms with Crippen molar-refractivity contribution < 1.29 is 24.5 Å². The summed E-state index contributed by atoms with van der Waals surface area (Å²) < 4.78 is 5.85. The fraction of sp³-hybridized carbons (Fsp3) is 0.250. The van der Waals surface area contributed by atoms with Gasteiger partial charge in [0, 0.05) is 11.8 Å². The Morgan fingerprint density at radius 2 is 2.21 bits per heavy atom. The topological polar surface area (TPSA) is 101 Å². The summed E-state index contributed by atoms with van der Waals surface area (Å²) >= 11 is 0. The lowest BCUT2D eigenvalue weighted by atomic mass is 10.1. The van der Waals surface area contributed by atoms with E-state index in [-0.39, 0.29) is 29.8 Å². The third-order valence-electron chi connectivity index (χ3n) is 2.74. The van der Waals surface area contributed by atoms with E-state index in [2.05, 4.69) is 9.84 Å². The van der Waals surface area contributed by atoms with Gasteiger partial charge in [0.15, 0.2) is 0 Å². The van der Waals surface area contributed by atoms with Gasteiger partial charge in [0.1, 0.15) is 5.56 Å². The number of aliphatic hydroxyl groups is 1. The molecule has 0 spiro atoms. The molecule has 0 radical (unpaired) electrons. The van der Waals surface area contributed by atoms with Crippen molar-refractivity contribution in [3.63, 3.8) is 0 Å². The number of nitrogens with zero attached hydrogens (tertiary/aromatic N) is 2. The predicted octanol–water partition coefficient (Wildman–Crippen LogP) is 0.240. The van der Waals surface area contributed by atoms with Gasteiger partial charge in [0.25, 0.3) is 0 Å². The summed E-state index contributed by atoms with van der Waals surface area (Å²) in [5, 5.41) is 22.6. The zero-order chi connectivity index (χ0) is 14.0. The van der Waals surface area contributed by atoms with Gasteiger partial charge in [-0.15, -0.1) is 0 Å². The number of aliphatic hydroxyl groups excluding tert-OH is 1. The Bertz CT molecular complexity index is 647. The molecule has 0 unspecified atom stereocenters. The molecule has 2 aromatic rings. The highest BCUT2D eigenvalue weighted by Gasteiger charge is 2.23. The van der Waals surface area contributed by atoms with Crippen molar-refractivity contribution in [1.29, 1.82) is 0 Å². The van der Waals surface area contributed by atoms with Gasteiger partial charge in [0.2, 0.25) is 0 Å². The summed E-state index contributed by atoms with van der Waals surface area (Å²) in [6, 6.07) is 3.24. The van der Waals surface area contributed by atoms with E-state index in [4.69, 9.17) is 0 Å². The van der Waals surface area contributed by atoms with Gasteiger partial charge in [-0.1, -0.05) is 6.07 Å². The molecule has 2 heterocycles. The average molecular weight is 264 g/mol. The highest BCUT2D eigenvalue weighted by Crippen LogP contribution is 2.21. The quantitative estimate of drug-likeness (QED) is 0.767. The van der Waals surface area contributed by atoms with Gasteiger partial charge in [0.05, 0.1) is 31.3 Å². The molecule has 0 aliphatic rings. The van der Waals surface area contributed by atoms with Crippen LogP contribution in [0.15, 0.2) is 18.3 Å². The van der Waals surface area contributed by atoms with Crippen LogP contribution in [0.1, 0.15) is 21.6 Å². The average Bonchev–Trinajstić information content (AvgIpc) is 2.76. The molecule has 0 aromatic carbocycles. The van der Waals surface area contributed by atoms with Crippen LogP contribution in [0.3, 0.4) is 0 Å². The minimum atomic E-state index is -1.20. The number of hydrogen-bond donors (Lipinski definition) is 2. The second-order valence-electron chi connectivity index (χ2n) is 3.86. The molecule has 0 saturated carbocycles. The summed E-state index contributed by atoms with van der Waals surface area (Å²) in [7, 11) is 1.22. The monoisotopic (exact) mass is 264 g/mol. The van der Waals surface area contributed by atoms with E-state index in [0.717, 1.165) is 0 Å². The second kappa shape index (κ2) is 5.07. The number of aromatic nitrogens is 2. The zero-order valence-corrected chi connectivity index (χ0v) is 10.2. The van der Waals surface area contributed by atoms with E-state index in [1.165, 1.54) is 11.6 Å². The van der Waals surface area contributed by atoms with Crippen molar-refractivity contribution in [2.75, 3.05) is 7.11 Å². The van der Waals surface area contributed by atoms with Crippen LogP contribution in [0.25, 0.3) is 5.52 Å². The first-order valence-corrected chi connectivity index (χ1v) is 5.48. The molecule has 0 saturated heterocycles. The molecule has 0 fully saturated rings. The van der Waals surface area contributed by atoms with Crippen LogP contribution < -0.4 is 0 Å². The summed E-state index contributed by atoms with van der Waals surface area (Å²) in [5.41, 5.74) is 0.746. The highest BCUT2D eigenvalue weighted by molar-refractivity contribution is 5.99. The van der Waals surface area contributed by atoms with Crippen molar-refractivity contribution >= 4 is 17.5 Å². The van der Waals surface area contributed by atoms with Crippen molar-refractivity contribution in [1.82, 2.24) is 9.61 Å². The fourth-order valence-electron chi connectivity index (χ4n) is 1.90. The van der Waals surface area contributed by atoms with E-state index in [1.807, 2.05) is 0 Å². The number of hydrogen-bond acceptors (Lipinski definition) is 5. The van der Waals surface area contributed by atoms with Gasteiger partial charge in [-0.25, -0.2) is 9.31 Å². The summed E-state index contributed by atoms with van der Waals surface area (Å²) in [6.45, 7) is -0.312. The van der Waals surface area contributed by atoms with E-state index < -0.39 is 11.9 Å². The van der Waals surface area contributed by atoms with Gasteiger partial charge in [-0.05, 0) is 6.07 Å². The summed E-state index contributed by atoms with van der Waals surface area (Å²) in [6.07, 6.45) is 1.33. The number of rotatable bonds is 4. The van der Waals surface area contributed by atoms with Crippen LogP contribution >= 0.6 is 0 Å². The van der Waals surface area contributed by atoms with Gasteiger partial charge < -0.3 is 14.9 Å². The predicted molar refractivity (Wildman–Crippen MR) is 63.8 cm³/mol. The molecule has 100 valence electrons. The van der Waals surface area contributed by atoms with Crippen molar-refractivity contribution in [2.45, 2.75) is 13.0 Å². The largest absolute Gasteiger partial charge is 0.478 e. The molecule has 2 aromatic heterocycles. The van der Waals surface area contributed by atoms with Crippen LogP contribution in [0.4, 0.5) is 0 Å². The molecule has 2 N–H and O–H groups in total. The van der Waals surface area contributed by atoms with E-state index in [1.54, 1.807) is 18.3 Å². The van der Waals surface area contributed by atoms with Crippen LogP contribution in [-0.4, -0.2) is 38.9 Å². The van der Waals surface area contributed by atoms with Crippen LogP contribution in [0, 0.1) is 0 Å². The molecular formula is C12H12N2O5. The number of carbonyl (C=O) groups is 2. The summed E-state index contributed by atoms with van der Waals surface area (Å²) in [4.78, 5) is 22.6. The van der Waals surface area contributed by atoms with Crippen LogP contribution in [0.2, 0.25) is 0 Å². The summed E-state index contributed by atoms with van der Waals surface area (Å²) in [5.74, 6) is -1.77. The van der Waals surface area contributed by atoms with Crippen LogP contribution in [0.5, 0.6) is 0 Å². The molecular weight excluding hydrogens is 252 g/mol. The third-order valence-corrected chi connectivity index (χ3v) is 2.74. The number of carboxylic acid groups (broad SMARTS) is 1. The Morgan fingerprint density at radius 1 is 1.47 bits per heavy atom. The zero-order valence-electron chi connectivity index (χ0n) is 10.2. The molecule has 19 heavy (non-hydrogen) atoms. The highest BCUT2D eigenvalue weighted by atomic mass is 16.5. The molecule has 0 atom stereocenters. The van der Waals surface area contributed by atoms with E-state index >= 15 is 0 Å². The van der Waals surface area contributed by atoms with Crippen molar-refractivity contribution in [3.8, 4) is 0 Å². The standard InChI is InChI=1S/C12H12N2O5/c1-19-9(16)5-8-10(12(17)18)11-7(6-15)3-2-4-14(11)13-8/h2-4,15H,5-6H2,1H3,(H,17,18). The molecule has 7 heteroatoms. The first kappa shape index (κ1) is 13.0. The second-order valence-corrected chi connectivity index (χ2v) is 3.86. The molecule has 0 bridgehead atoms.